The van der Waals surface area contributed by atoms with E-state index in [1.54, 1.807) is 18.2 Å². The van der Waals surface area contributed by atoms with E-state index in [9.17, 15) is 10.1 Å². The second-order valence-corrected chi connectivity index (χ2v) is 4.97. The number of rotatable bonds is 7. The third-order valence-electron chi connectivity index (χ3n) is 3.35. The summed E-state index contributed by atoms with van der Waals surface area (Å²) < 4.78 is 11.1. The Labute approximate surface area is 138 Å². The zero-order chi connectivity index (χ0) is 16.8. The highest BCUT2D eigenvalue weighted by Crippen LogP contribution is 2.26. The number of nitro benzene ring substituents is 1. The minimum atomic E-state index is -0.459. The highest BCUT2D eigenvalue weighted by atomic mass is 16.6. The molecule has 0 N–H and O–H groups in total. The van der Waals surface area contributed by atoms with Crippen molar-refractivity contribution in [2.45, 2.75) is 6.42 Å². The van der Waals surface area contributed by atoms with Crippen LogP contribution in [-0.2, 0) is 0 Å². The summed E-state index contributed by atoms with van der Waals surface area (Å²) in [6, 6.07) is 13.9. The lowest BCUT2D eigenvalue weighted by molar-refractivity contribution is -0.385. The summed E-state index contributed by atoms with van der Waals surface area (Å²) in [5.41, 5.74) is 0.777. The Kier molecular flexibility index (Phi) is 4.81. The maximum Gasteiger partial charge on any atom is 0.310 e. The normalized spacial score (nSPS) is 10.5. The molecule has 0 saturated carbocycles. The van der Waals surface area contributed by atoms with E-state index in [1.165, 1.54) is 12.4 Å². The second kappa shape index (κ2) is 7.36. The molecule has 7 heteroatoms. The molecule has 0 aliphatic rings. The molecule has 0 aliphatic heterocycles. The van der Waals surface area contributed by atoms with Gasteiger partial charge in [0.25, 0.3) is 0 Å². The van der Waals surface area contributed by atoms with E-state index in [2.05, 4.69) is 9.97 Å². The molecule has 0 bridgehead atoms. The van der Waals surface area contributed by atoms with Crippen LogP contribution in [0.4, 0.5) is 5.69 Å². The van der Waals surface area contributed by atoms with Gasteiger partial charge in [0.2, 0.25) is 5.88 Å². The van der Waals surface area contributed by atoms with E-state index in [0.717, 1.165) is 10.9 Å². The SMILES string of the molecule is O=[N+]([O-])c1ccccc1OCCCOc1ncnc2ccccc12. The van der Waals surface area contributed by atoms with Crippen molar-refractivity contribution >= 4 is 16.6 Å². The summed E-state index contributed by atoms with van der Waals surface area (Å²) in [6.07, 6.45) is 2.03. The van der Waals surface area contributed by atoms with Crippen LogP contribution in [0.5, 0.6) is 11.6 Å². The fourth-order valence-corrected chi connectivity index (χ4v) is 2.24. The maximum absolute atomic E-state index is 10.9. The molecule has 0 atom stereocenters. The molecular formula is C17H15N3O4. The third-order valence-corrected chi connectivity index (χ3v) is 3.35. The smallest absolute Gasteiger partial charge is 0.310 e. The fourth-order valence-electron chi connectivity index (χ4n) is 2.24. The summed E-state index contributed by atoms with van der Waals surface area (Å²) in [5, 5.41) is 11.8. The Bertz CT molecular complexity index is 849. The van der Waals surface area contributed by atoms with Crippen LogP contribution in [0.2, 0.25) is 0 Å². The Balaban J connectivity index is 1.53. The molecule has 2 aromatic carbocycles. The van der Waals surface area contributed by atoms with Crippen LogP contribution in [-0.4, -0.2) is 28.1 Å². The van der Waals surface area contributed by atoms with Gasteiger partial charge in [-0.25, -0.2) is 9.97 Å². The number of hydrogen-bond donors (Lipinski definition) is 0. The van der Waals surface area contributed by atoms with E-state index >= 15 is 0 Å². The number of nitro groups is 1. The van der Waals surface area contributed by atoms with Crippen LogP contribution < -0.4 is 9.47 Å². The van der Waals surface area contributed by atoms with Gasteiger partial charge in [-0.1, -0.05) is 24.3 Å². The minimum Gasteiger partial charge on any atom is -0.487 e. The zero-order valence-corrected chi connectivity index (χ0v) is 12.8. The fraction of sp³-hybridized carbons (Fsp3) is 0.176. The van der Waals surface area contributed by atoms with Crippen LogP contribution in [0.1, 0.15) is 6.42 Å². The van der Waals surface area contributed by atoms with E-state index in [1.807, 2.05) is 24.3 Å². The standard InChI is InChI=1S/C17H15N3O4/c21-20(22)15-8-3-4-9-16(15)23-10-5-11-24-17-13-6-1-2-7-14(13)18-12-19-17/h1-4,6-9,12H,5,10-11H2. The van der Waals surface area contributed by atoms with E-state index < -0.39 is 4.92 Å². The van der Waals surface area contributed by atoms with E-state index in [0.29, 0.717) is 25.5 Å². The Morgan fingerprint density at radius 1 is 0.958 bits per heavy atom. The Morgan fingerprint density at radius 2 is 1.71 bits per heavy atom. The topological polar surface area (TPSA) is 87.4 Å². The molecule has 0 fully saturated rings. The molecule has 122 valence electrons. The van der Waals surface area contributed by atoms with Crippen LogP contribution >= 0.6 is 0 Å². The van der Waals surface area contributed by atoms with Gasteiger partial charge in [0.05, 0.1) is 29.0 Å². The summed E-state index contributed by atoms with van der Waals surface area (Å²) in [7, 11) is 0. The van der Waals surface area contributed by atoms with Crippen molar-refractivity contribution in [3.63, 3.8) is 0 Å². The van der Waals surface area contributed by atoms with Crippen molar-refractivity contribution in [3.05, 3.63) is 65.0 Å². The van der Waals surface area contributed by atoms with Crippen molar-refractivity contribution < 1.29 is 14.4 Å². The van der Waals surface area contributed by atoms with Gasteiger partial charge in [0.15, 0.2) is 5.75 Å². The Hall–Kier alpha value is -3.22. The first-order valence-electron chi connectivity index (χ1n) is 7.44. The molecule has 1 aromatic heterocycles. The van der Waals surface area contributed by atoms with Crippen molar-refractivity contribution in [2.75, 3.05) is 13.2 Å². The first-order valence-corrected chi connectivity index (χ1v) is 7.44. The predicted octanol–water partition coefficient (Wildman–Crippen LogP) is 3.39. The largest absolute Gasteiger partial charge is 0.487 e. The minimum absolute atomic E-state index is 0.0415. The zero-order valence-electron chi connectivity index (χ0n) is 12.8. The van der Waals surface area contributed by atoms with Crippen molar-refractivity contribution in [2.24, 2.45) is 0 Å². The number of para-hydroxylation sites is 3. The first kappa shape index (κ1) is 15.7. The van der Waals surface area contributed by atoms with Crippen LogP contribution in [0.25, 0.3) is 10.9 Å². The Morgan fingerprint density at radius 3 is 2.58 bits per heavy atom. The van der Waals surface area contributed by atoms with Crippen molar-refractivity contribution in [1.82, 2.24) is 9.97 Å². The summed E-state index contributed by atoms with van der Waals surface area (Å²) in [6.45, 7) is 0.704. The van der Waals surface area contributed by atoms with Crippen LogP contribution in [0.3, 0.4) is 0 Å². The number of hydrogen-bond acceptors (Lipinski definition) is 6. The monoisotopic (exact) mass is 325 g/mol. The van der Waals surface area contributed by atoms with Crippen molar-refractivity contribution in [1.29, 1.82) is 0 Å². The average molecular weight is 325 g/mol. The summed E-state index contributed by atoms with van der Waals surface area (Å²) in [4.78, 5) is 18.8. The molecule has 0 radical (unpaired) electrons. The van der Waals surface area contributed by atoms with Gasteiger partial charge in [0.1, 0.15) is 6.33 Å². The predicted molar refractivity (Wildman–Crippen MR) is 88.2 cm³/mol. The molecule has 0 unspecified atom stereocenters. The number of fused-ring (bicyclic) bond motifs is 1. The van der Waals surface area contributed by atoms with Crippen molar-refractivity contribution in [3.8, 4) is 11.6 Å². The maximum atomic E-state index is 10.9. The summed E-state index contributed by atoms with van der Waals surface area (Å²) in [5.74, 6) is 0.779. The number of ether oxygens (including phenoxy) is 2. The van der Waals surface area contributed by atoms with Gasteiger partial charge >= 0.3 is 5.69 Å². The second-order valence-electron chi connectivity index (χ2n) is 4.97. The number of aromatic nitrogens is 2. The summed E-state index contributed by atoms with van der Waals surface area (Å²) >= 11 is 0. The third kappa shape index (κ3) is 3.57. The average Bonchev–Trinajstić information content (AvgIpc) is 2.62. The first-order chi connectivity index (χ1) is 11.8. The van der Waals surface area contributed by atoms with Gasteiger partial charge in [0, 0.05) is 12.5 Å². The molecule has 0 aliphatic carbocycles. The van der Waals surface area contributed by atoms with Gasteiger partial charge < -0.3 is 9.47 Å². The number of benzene rings is 2. The van der Waals surface area contributed by atoms with Gasteiger partial charge in [-0.3, -0.25) is 10.1 Å². The lowest BCUT2D eigenvalue weighted by Crippen LogP contribution is -2.07. The molecular weight excluding hydrogens is 310 g/mol. The van der Waals surface area contributed by atoms with E-state index in [-0.39, 0.29) is 11.4 Å². The van der Waals surface area contributed by atoms with Gasteiger partial charge in [-0.2, -0.15) is 0 Å². The van der Waals surface area contributed by atoms with Gasteiger partial charge in [-0.15, -0.1) is 0 Å². The highest BCUT2D eigenvalue weighted by Gasteiger charge is 2.13. The van der Waals surface area contributed by atoms with Gasteiger partial charge in [-0.05, 0) is 18.2 Å². The molecule has 0 amide bonds. The molecule has 0 saturated heterocycles. The van der Waals surface area contributed by atoms with Crippen LogP contribution in [0.15, 0.2) is 54.9 Å². The van der Waals surface area contributed by atoms with E-state index in [4.69, 9.17) is 9.47 Å². The lowest BCUT2D eigenvalue weighted by Gasteiger charge is -2.09. The molecule has 3 aromatic rings. The number of nitrogens with zero attached hydrogens (tertiary/aromatic N) is 3. The molecule has 7 nitrogen and oxygen atoms in total. The molecule has 0 spiro atoms. The van der Waals surface area contributed by atoms with Crippen LogP contribution in [0, 0.1) is 10.1 Å². The molecule has 1 heterocycles. The highest BCUT2D eigenvalue weighted by molar-refractivity contribution is 5.82. The lowest BCUT2D eigenvalue weighted by atomic mass is 10.2. The quantitative estimate of drug-likeness (QED) is 0.376. The molecule has 3 rings (SSSR count). The molecule has 24 heavy (non-hydrogen) atoms.